The number of nitrogens with one attached hydrogen (secondary N) is 1. The van der Waals surface area contributed by atoms with Crippen LogP contribution in [0.2, 0.25) is 10.0 Å². The molecule has 1 aliphatic heterocycles. The lowest BCUT2D eigenvalue weighted by molar-refractivity contribution is -0.132. The topological polar surface area (TPSA) is 49.4 Å². The molecule has 1 unspecified atom stereocenters. The van der Waals surface area contributed by atoms with Gasteiger partial charge in [-0.25, -0.2) is 0 Å². The number of piperidine rings is 1. The number of nitrogens with zero attached hydrogens (tertiary/aromatic N) is 1. The van der Waals surface area contributed by atoms with E-state index >= 15 is 0 Å². The molecule has 1 N–H and O–H groups in total. The molecule has 1 saturated heterocycles. The Bertz CT molecular complexity index is 534. The van der Waals surface area contributed by atoms with Crippen LogP contribution in [0.5, 0.6) is 0 Å². The van der Waals surface area contributed by atoms with Crippen molar-refractivity contribution in [3.63, 3.8) is 0 Å². The van der Waals surface area contributed by atoms with Crippen LogP contribution in [0.1, 0.15) is 19.8 Å². The van der Waals surface area contributed by atoms with Crippen LogP contribution in [0, 0.1) is 5.92 Å². The van der Waals surface area contributed by atoms with Gasteiger partial charge < -0.3 is 10.2 Å². The predicted molar refractivity (Wildman–Crippen MR) is 80.1 cm³/mol. The molecule has 2 rings (SSSR count). The Labute approximate surface area is 128 Å². The minimum absolute atomic E-state index is 0.00304. The van der Waals surface area contributed by atoms with Gasteiger partial charge in [-0.15, -0.1) is 0 Å². The van der Waals surface area contributed by atoms with Crippen LogP contribution >= 0.6 is 23.2 Å². The maximum Gasteiger partial charge on any atom is 0.229 e. The van der Waals surface area contributed by atoms with Crippen LogP contribution in [0.3, 0.4) is 0 Å². The summed E-state index contributed by atoms with van der Waals surface area (Å²) in [5.41, 5.74) is 0.504. The van der Waals surface area contributed by atoms with Gasteiger partial charge in [-0.2, -0.15) is 0 Å². The van der Waals surface area contributed by atoms with E-state index in [1.807, 2.05) is 0 Å². The molecule has 4 nitrogen and oxygen atoms in total. The lowest BCUT2D eigenvalue weighted by Gasteiger charge is -2.31. The fourth-order valence-electron chi connectivity index (χ4n) is 2.31. The van der Waals surface area contributed by atoms with Crippen LogP contribution < -0.4 is 5.32 Å². The Hall–Kier alpha value is -1.26. The van der Waals surface area contributed by atoms with Gasteiger partial charge in [-0.3, -0.25) is 9.59 Å². The van der Waals surface area contributed by atoms with Crippen LogP contribution in [0.25, 0.3) is 0 Å². The number of likely N-dealkylation sites (tertiary alicyclic amines) is 1. The predicted octanol–water partition coefficient (Wildman–Crippen LogP) is 3.19. The zero-order valence-corrected chi connectivity index (χ0v) is 12.7. The molecule has 20 heavy (non-hydrogen) atoms. The second kappa shape index (κ2) is 6.46. The van der Waals surface area contributed by atoms with Gasteiger partial charge in [0.25, 0.3) is 0 Å². The first-order chi connectivity index (χ1) is 9.49. The summed E-state index contributed by atoms with van der Waals surface area (Å²) in [7, 11) is 0. The molecule has 0 aliphatic carbocycles. The summed E-state index contributed by atoms with van der Waals surface area (Å²) in [6.07, 6.45) is 1.61. The third-order valence-electron chi connectivity index (χ3n) is 3.45. The highest BCUT2D eigenvalue weighted by Gasteiger charge is 2.27. The minimum atomic E-state index is -0.206. The first kappa shape index (κ1) is 15.1. The molecule has 1 atom stereocenters. The Kier molecular flexibility index (Phi) is 4.89. The number of hydrogen-bond acceptors (Lipinski definition) is 2. The van der Waals surface area contributed by atoms with E-state index in [0.29, 0.717) is 22.3 Å². The maximum atomic E-state index is 12.2. The molecule has 0 spiro atoms. The molecule has 0 aromatic heterocycles. The fourth-order valence-corrected chi connectivity index (χ4v) is 2.66. The number of halogens is 2. The lowest BCUT2D eigenvalue weighted by atomic mass is 9.97. The molecule has 0 bridgehead atoms. The lowest BCUT2D eigenvalue weighted by Crippen LogP contribution is -2.42. The van der Waals surface area contributed by atoms with Gasteiger partial charge in [0.15, 0.2) is 0 Å². The summed E-state index contributed by atoms with van der Waals surface area (Å²) in [5.74, 6) is -0.328. The molecule has 6 heteroatoms. The highest BCUT2D eigenvalue weighted by Crippen LogP contribution is 2.30. The van der Waals surface area contributed by atoms with Gasteiger partial charge in [0.1, 0.15) is 0 Å². The molecule has 0 saturated carbocycles. The smallest absolute Gasteiger partial charge is 0.229 e. The number of hydrogen-bond donors (Lipinski definition) is 1. The Morgan fingerprint density at radius 1 is 1.35 bits per heavy atom. The Morgan fingerprint density at radius 3 is 2.80 bits per heavy atom. The van der Waals surface area contributed by atoms with Crippen LogP contribution in [-0.4, -0.2) is 29.8 Å². The summed E-state index contributed by atoms with van der Waals surface area (Å²) in [6.45, 7) is 2.70. The summed E-state index contributed by atoms with van der Waals surface area (Å²) in [5, 5.41) is 3.52. The number of carbonyl (C=O) groups is 2. The summed E-state index contributed by atoms with van der Waals surface area (Å²) in [4.78, 5) is 25.3. The van der Waals surface area contributed by atoms with Gasteiger partial charge in [0, 0.05) is 20.0 Å². The van der Waals surface area contributed by atoms with Gasteiger partial charge in [0.05, 0.1) is 21.7 Å². The van der Waals surface area contributed by atoms with Crippen molar-refractivity contribution in [2.45, 2.75) is 19.8 Å². The number of rotatable bonds is 2. The molecule has 1 heterocycles. The van der Waals surface area contributed by atoms with E-state index in [0.717, 1.165) is 19.4 Å². The highest BCUT2D eigenvalue weighted by atomic mass is 35.5. The van der Waals surface area contributed by atoms with Crippen LogP contribution in [-0.2, 0) is 9.59 Å². The van der Waals surface area contributed by atoms with Crippen molar-refractivity contribution in [1.82, 2.24) is 4.90 Å². The molecular formula is C14H16Cl2N2O2. The summed E-state index contributed by atoms with van der Waals surface area (Å²) < 4.78 is 0. The maximum absolute atomic E-state index is 12.2. The SMILES string of the molecule is CC(=O)N1CCCC(C(=O)Nc2cccc(Cl)c2Cl)C1. The first-order valence-corrected chi connectivity index (χ1v) is 7.25. The fraction of sp³-hybridized carbons (Fsp3) is 0.429. The zero-order chi connectivity index (χ0) is 14.7. The number of amides is 2. The van der Waals surface area contributed by atoms with Crippen molar-refractivity contribution in [2.75, 3.05) is 18.4 Å². The van der Waals surface area contributed by atoms with Crippen molar-refractivity contribution < 1.29 is 9.59 Å². The molecule has 1 aromatic carbocycles. The largest absolute Gasteiger partial charge is 0.342 e. The van der Waals surface area contributed by atoms with Crippen molar-refractivity contribution in [3.05, 3.63) is 28.2 Å². The van der Waals surface area contributed by atoms with Crippen LogP contribution in [0.4, 0.5) is 5.69 Å². The molecular weight excluding hydrogens is 299 g/mol. The molecule has 1 aromatic rings. The van der Waals surface area contributed by atoms with E-state index in [1.54, 1.807) is 23.1 Å². The quantitative estimate of drug-likeness (QED) is 0.911. The Morgan fingerprint density at radius 2 is 2.10 bits per heavy atom. The van der Waals surface area contributed by atoms with Crippen molar-refractivity contribution in [1.29, 1.82) is 0 Å². The van der Waals surface area contributed by atoms with Gasteiger partial charge in [-0.1, -0.05) is 29.3 Å². The minimum Gasteiger partial charge on any atom is -0.342 e. The average molecular weight is 315 g/mol. The summed E-state index contributed by atoms with van der Waals surface area (Å²) >= 11 is 12.0. The molecule has 0 radical (unpaired) electrons. The van der Waals surface area contributed by atoms with E-state index in [4.69, 9.17) is 23.2 Å². The second-order valence-electron chi connectivity index (χ2n) is 4.89. The average Bonchev–Trinajstić information content (AvgIpc) is 2.44. The molecule has 1 aliphatic rings. The van der Waals surface area contributed by atoms with E-state index < -0.39 is 0 Å². The molecule has 1 fully saturated rings. The van der Waals surface area contributed by atoms with Gasteiger partial charge >= 0.3 is 0 Å². The highest BCUT2D eigenvalue weighted by molar-refractivity contribution is 6.44. The third kappa shape index (κ3) is 3.44. The third-order valence-corrected chi connectivity index (χ3v) is 4.27. The van der Waals surface area contributed by atoms with Crippen molar-refractivity contribution in [2.24, 2.45) is 5.92 Å². The standard InChI is InChI=1S/C14H16Cl2N2O2/c1-9(19)18-7-3-4-10(8-18)14(20)17-12-6-2-5-11(15)13(12)16/h2,5-6,10H,3-4,7-8H2,1H3,(H,17,20). The van der Waals surface area contributed by atoms with E-state index in [2.05, 4.69) is 5.32 Å². The number of carbonyl (C=O) groups excluding carboxylic acids is 2. The molecule has 2 amide bonds. The van der Waals surface area contributed by atoms with Gasteiger partial charge in [-0.05, 0) is 25.0 Å². The second-order valence-corrected chi connectivity index (χ2v) is 5.68. The summed E-state index contributed by atoms with van der Waals surface area (Å²) in [6, 6.07) is 5.10. The van der Waals surface area contributed by atoms with Crippen molar-refractivity contribution in [3.8, 4) is 0 Å². The first-order valence-electron chi connectivity index (χ1n) is 6.49. The Balaban J connectivity index is 2.04. The van der Waals surface area contributed by atoms with E-state index in [-0.39, 0.29) is 17.7 Å². The van der Waals surface area contributed by atoms with E-state index in [9.17, 15) is 9.59 Å². The van der Waals surface area contributed by atoms with Gasteiger partial charge in [0.2, 0.25) is 11.8 Å². The van der Waals surface area contributed by atoms with Crippen LogP contribution in [0.15, 0.2) is 18.2 Å². The van der Waals surface area contributed by atoms with E-state index in [1.165, 1.54) is 6.92 Å². The number of benzene rings is 1. The number of anilines is 1. The van der Waals surface area contributed by atoms with Crippen molar-refractivity contribution >= 4 is 40.7 Å². The normalized spacial score (nSPS) is 18.8. The zero-order valence-electron chi connectivity index (χ0n) is 11.2. The monoisotopic (exact) mass is 314 g/mol. The molecule has 108 valence electrons.